The standard InChI is InChI=1S/C22H22ClFN2O2/c23-17-5-8-20-19(14-17)22(27)25-21(28-20)2-1-11-26-12-9-16(10-13-26)15-3-6-18(24)7-4-15/h3-9,14,21H,1-2,10-13H2,(H,25,27). The Morgan fingerprint density at radius 3 is 2.79 bits per heavy atom. The topological polar surface area (TPSA) is 41.6 Å². The molecule has 146 valence electrons. The van der Waals surface area contributed by atoms with Crippen LogP contribution in [0.2, 0.25) is 5.02 Å². The van der Waals surface area contributed by atoms with Crippen molar-refractivity contribution in [2.24, 2.45) is 0 Å². The number of nitrogens with one attached hydrogen (secondary N) is 1. The number of fused-ring (bicyclic) bond motifs is 1. The van der Waals surface area contributed by atoms with Crippen LogP contribution in [0.15, 0.2) is 48.5 Å². The Kier molecular flexibility index (Phi) is 5.64. The van der Waals surface area contributed by atoms with Crippen molar-refractivity contribution < 1.29 is 13.9 Å². The summed E-state index contributed by atoms with van der Waals surface area (Å²) in [7, 11) is 0. The summed E-state index contributed by atoms with van der Waals surface area (Å²) in [5.74, 6) is 0.242. The molecular weight excluding hydrogens is 379 g/mol. The van der Waals surface area contributed by atoms with E-state index in [1.54, 1.807) is 18.2 Å². The smallest absolute Gasteiger partial charge is 0.257 e. The number of amides is 1. The Hall–Kier alpha value is -2.37. The maximum Gasteiger partial charge on any atom is 0.257 e. The Morgan fingerprint density at radius 2 is 2.04 bits per heavy atom. The van der Waals surface area contributed by atoms with Crippen LogP contribution in [0.1, 0.15) is 35.2 Å². The van der Waals surface area contributed by atoms with Gasteiger partial charge in [-0.2, -0.15) is 0 Å². The molecule has 0 aromatic heterocycles. The molecule has 0 aliphatic carbocycles. The van der Waals surface area contributed by atoms with E-state index >= 15 is 0 Å². The van der Waals surface area contributed by atoms with Crippen molar-refractivity contribution in [2.75, 3.05) is 19.6 Å². The van der Waals surface area contributed by atoms with E-state index in [1.165, 1.54) is 17.7 Å². The molecule has 0 fully saturated rings. The first kappa shape index (κ1) is 19.0. The fourth-order valence-corrected chi connectivity index (χ4v) is 3.83. The van der Waals surface area contributed by atoms with E-state index in [9.17, 15) is 9.18 Å². The number of hydrogen-bond donors (Lipinski definition) is 1. The van der Waals surface area contributed by atoms with Crippen LogP contribution >= 0.6 is 11.6 Å². The van der Waals surface area contributed by atoms with Crippen molar-refractivity contribution in [2.45, 2.75) is 25.5 Å². The van der Waals surface area contributed by atoms with Crippen LogP contribution < -0.4 is 10.1 Å². The van der Waals surface area contributed by atoms with Gasteiger partial charge >= 0.3 is 0 Å². The number of nitrogens with zero attached hydrogens (tertiary/aromatic N) is 1. The maximum atomic E-state index is 13.1. The molecule has 2 aromatic carbocycles. The van der Waals surface area contributed by atoms with Crippen LogP contribution in [0.4, 0.5) is 4.39 Å². The molecule has 0 spiro atoms. The molecule has 0 bridgehead atoms. The normalized spacial score (nSPS) is 19.4. The molecule has 0 radical (unpaired) electrons. The largest absolute Gasteiger partial charge is 0.470 e. The van der Waals surface area contributed by atoms with E-state index in [-0.39, 0.29) is 18.0 Å². The van der Waals surface area contributed by atoms with Gasteiger partial charge in [-0.3, -0.25) is 9.69 Å². The summed E-state index contributed by atoms with van der Waals surface area (Å²) >= 11 is 5.94. The summed E-state index contributed by atoms with van der Waals surface area (Å²) in [6.07, 6.45) is 4.54. The number of halogens is 2. The van der Waals surface area contributed by atoms with E-state index in [4.69, 9.17) is 16.3 Å². The number of ether oxygens (including phenoxy) is 1. The highest BCUT2D eigenvalue weighted by Gasteiger charge is 2.25. The minimum Gasteiger partial charge on any atom is -0.470 e. The fourth-order valence-electron chi connectivity index (χ4n) is 3.66. The number of carbonyl (C=O) groups excluding carboxylic acids is 1. The molecule has 1 N–H and O–H groups in total. The van der Waals surface area contributed by atoms with Gasteiger partial charge in [-0.25, -0.2) is 4.39 Å². The first-order chi connectivity index (χ1) is 13.6. The Labute approximate surface area is 168 Å². The Bertz CT molecular complexity index is 898. The summed E-state index contributed by atoms with van der Waals surface area (Å²) < 4.78 is 18.9. The average molecular weight is 401 g/mol. The van der Waals surface area contributed by atoms with Gasteiger partial charge in [-0.15, -0.1) is 0 Å². The molecule has 0 saturated carbocycles. The Morgan fingerprint density at radius 1 is 1.21 bits per heavy atom. The van der Waals surface area contributed by atoms with Crippen LogP contribution in [0, 0.1) is 5.82 Å². The summed E-state index contributed by atoms with van der Waals surface area (Å²) in [6.45, 7) is 2.80. The zero-order valence-electron chi connectivity index (χ0n) is 15.5. The van der Waals surface area contributed by atoms with Crippen LogP contribution in [0.3, 0.4) is 0 Å². The van der Waals surface area contributed by atoms with Gasteiger partial charge in [0.1, 0.15) is 11.6 Å². The summed E-state index contributed by atoms with van der Waals surface area (Å²) in [5.41, 5.74) is 2.85. The van der Waals surface area contributed by atoms with Crippen molar-refractivity contribution >= 4 is 23.1 Å². The minimum absolute atomic E-state index is 0.140. The first-order valence-corrected chi connectivity index (χ1v) is 9.91. The van der Waals surface area contributed by atoms with Gasteiger partial charge in [-0.1, -0.05) is 29.8 Å². The second-order valence-electron chi connectivity index (χ2n) is 7.15. The monoisotopic (exact) mass is 400 g/mol. The molecule has 1 atom stereocenters. The first-order valence-electron chi connectivity index (χ1n) is 9.53. The molecule has 1 unspecified atom stereocenters. The van der Waals surface area contributed by atoms with Crippen molar-refractivity contribution in [3.8, 4) is 5.75 Å². The van der Waals surface area contributed by atoms with Crippen molar-refractivity contribution in [3.63, 3.8) is 0 Å². The highest BCUT2D eigenvalue weighted by molar-refractivity contribution is 6.31. The number of benzene rings is 2. The third-order valence-corrected chi connectivity index (χ3v) is 5.43. The SMILES string of the molecule is O=C1NC(CCCN2CC=C(c3ccc(F)cc3)CC2)Oc2ccc(Cl)cc21. The highest BCUT2D eigenvalue weighted by Crippen LogP contribution is 2.27. The second-order valence-corrected chi connectivity index (χ2v) is 7.59. The lowest BCUT2D eigenvalue weighted by molar-refractivity contribution is 0.0728. The molecule has 1 amide bonds. The number of rotatable bonds is 5. The fraction of sp³-hybridized carbons (Fsp3) is 0.318. The van der Waals surface area contributed by atoms with E-state index in [2.05, 4.69) is 16.3 Å². The molecule has 6 heteroatoms. The molecule has 4 nitrogen and oxygen atoms in total. The lowest BCUT2D eigenvalue weighted by Crippen LogP contribution is -2.43. The lowest BCUT2D eigenvalue weighted by Gasteiger charge is -2.29. The third-order valence-electron chi connectivity index (χ3n) is 5.20. The number of carbonyl (C=O) groups is 1. The summed E-state index contributed by atoms with van der Waals surface area (Å²) in [4.78, 5) is 14.6. The van der Waals surface area contributed by atoms with Crippen molar-refractivity contribution in [3.05, 3.63) is 70.5 Å². The van der Waals surface area contributed by atoms with E-state index < -0.39 is 0 Å². The number of hydrogen-bond acceptors (Lipinski definition) is 3. The quantitative estimate of drug-likeness (QED) is 0.803. The highest BCUT2D eigenvalue weighted by atomic mass is 35.5. The molecule has 28 heavy (non-hydrogen) atoms. The van der Waals surface area contributed by atoms with Gasteiger partial charge in [-0.05, 0) is 60.9 Å². The van der Waals surface area contributed by atoms with Crippen molar-refractivity contribution in [1.82, 2.24) is 10.2 Å². The van der Waals surface area contributed by atoms with Gasteiger partial charge < -0.3 is 10.1 Å². The van der Waals surface area contributed by atoms with Crippen LogP contribution in [0.5, 0.6) is 5.75 Å². The lowest BCUT2D eigenvalue weighted by atomic mass is 9.99. The summed E-state index contributed by atoms with van der Waals surface area (Å²) in [6, 6.07) is 11.8. The molecule has 2 aliphatic heterocycles. The zero-order chi connectivity index (χ0) is 19.5. The van der Waals surface area contributed by atoms with Crippen molar-refractivity contribution in [1.29, 1.82) is 0 Å². The molecular formula is C22H22ClFN2O2. The van der Waals surface area contributed by atoms with Crippen LogP contribution in [-0.2, 0) is 0 Å². The van der Waals surface area contributed by atoms with Crippen LogP contribution in [-0.4, -0.2) is 36.7 Å². The van der Waals surface area contributed by atoms with E-state index in [0.29, 0.717) is 16.3 Å². The molecule has 2 aromatic rings. The van der Waals surface area contributed by atoms with Crippen LogP contribution in [0.25, 0.3) is 5.57 Å². The van der Waals surface area contributed by atoms with E-state index in [1.807, 2.05) is 12.1 Å². The molecule has 0 saturated heterocycles. The predicted octanol–water partition coefficient (Wildman–Crippen LogP) is 4.50. The Balaban J connectivity index is 1.26. The third kappa shape index (κ3) is 4.37. The average Bonchev–Trinajstić information content (AvgIpc) is 2.70. The van der Waals surface area contributed by atoms with E-state index in [0.717, 1.165) is 44.5 Å². The zero-order valence-corrected chi connectivity index (χ0v) is 16.2. The van der Waals surface area contributed by atoms with Gasteiger partial charge in [0, 0.05) is 24.5 Å². The van der Waals surface area contributed by atoms with Gasteiger partial charge in [0.15, 0.2) is 6.23 Å². The minimum atomic E-state index is -0.309. The molecule has 2 heterocycles. The molecule has 2 aliphatic rings. The van der Waals surface area contributed by atoms with Gasteiger partial charge in [0.05, 0.1) is 5.56 Å². The summed E-state index contributed by atoms with van der Waals surface area (Å²) in [5, 5.41) is 3.41. The maximum absolute atomic E-state index is 13.1. The second kappa shape index (κ2) is 8.33. The molecule has 4 rings (SSSR count). The van der Waals surface area contributed by atoms with Gasteiger partial charge in [0.25, 0.3) is 5.91 Å². The van der Waals surface area contributed by atoms with Gasteiger partial charge in [0.2, 0.25) is 0 Å². The predicted molar refractivity (Wildman–Crippen MR) is 108 cm³/mol.